The first kappa shape index (κ1) is 19.3. The third-order valence-electron chi connectivity index (χ3n) is 4.65. The topological polar surface area (TPSA) is 45.5 Å². The number of aryl methyl sites for hydroxylation is 1. The van der Waals surface area contributed by atoms with E-state index in [1.165, 1.54) is 11.3 Å². The molecule has 2 aromatic carbocycles. The standard InChI is InChI=1S/C21H19ClN2O2.ClH/c1-24-12-2-3-15-13-17(8-9-18(15)24)23-21(25)20-11-10-19(26-20)14-4-6-16(22)7-5-14;/h4-11,13H,2-3,12H2,1H3,(H,23,25);1H. The molecule has 4 rings (SSSR count). The fourth-order valence-corrected chi connectivity index (χ4v) is 3.41. The number of anilines is 2. The number of furan rings is 1. The van der Waals surface area contributed by atoms with E-state index < -0.39 is 0 Å². The summed E-state index contributed by atoms with van der Waals surface area (Å²) in [6.45, 7) is 1.07. The van der Waals surface area contributed by atoms with E-state index in [0.717, 1.165) is 30.6 Å². The van der Waals surface area contributed by atoms with E-state index >= 15 is 0 Å². The number of benzene rings is 2. The normalized spacial score (nSPS) is 12.9. The molecule has 6 heteroatoms. The van der Waals surface area contributed by atoms with E-state index in [1.54, 1.807) is 24.3 Å². The fourth-order valence-electron chi connectivity index (χ4n) is 3.28. The lowest BCUT2D eigenvalue weighted by Gasteiger charge is -2.27. The van der Waals surface area contributed by atoms with Gasteiger partial charge in [0.05, 0.1) is 0 Å². The van der Waals surface area contributed by atoms with Gasteiger partial charge in [-0.3, -0.25) is 4.79 Å². The van der Waals surface area contributed by atoms with Gasteiger partial charge in [-0.2, -0.15) is 0 Å². The summed E-state index contributed by atoms with van der Waals surface area (Å²) in [5, 5.41) is 3.59. The first-order chi connectivity index (χ1) is 12.6. The molecule has 0 bridgehead atoms. The molecule has 0 radical (unpaired) electrons. The Hall–Kier alpha value is -2.43. The minimum atomic E-state index is -0.255. The van der Waals surface area contributed by atoms with Crippen LogP contribution in [-0.2, 0) is 6.42 Å². The lowest BCUT2D eigenvalue weighted by Crippen LogP contribution is -2.24. The van der Waals surface area contributed by atoms with Crippen LogP contribution in [0.3, 0.4) is 0 Å². The summed E-state index contributed by atoms with van der Waals surface area (Å²) in [7, 11) is 2.09. The Balaban J connectivity index is 0.00000210. The maximum atomic E-state index is 12.5. The van der Waals surface area contributed by atoms with E-state index in [4.69, 9.17) is 16.0 Å². The van der Waals surface area contributed by atoms with Crippen LogP contribution >= 0.6 is 24.0 Å². The number of hydrogen-bond acceptors (Lipinski definition) is 3. The van der Waals surface area contributed by atoms with Crippen LogP contribution in [-0.4, -0.2) is 19.5 Å². The number of nitrogens with zero attached hydrogens (tertiary/aromatic N) is 1. The number of carbonyl (C=O) groups excluding carboxylic acids is 1. The summed E-state index contributed by atoms with van der Waals surface area (Å²) < 4.78 is 5.71. The number of hydrogen-bond donors (Lipinski definition) is 1. The largest absolute Gasteiger partial charge is 0.451 e. The van der Waals surface area contributed by atoms with Gasteiger partial charge in [-0.15, -0.1) is 12.4 Å². The van der Waals surface area contributed by atoms with Crippen LogP contribution in [0.15, 0.2) is 59.0 Å². The summed E-state index contributed by atoms with van der Waals surface area (Å²) in [5.41, 5.74) is 4.16. The molecule has 27 heavy (non-hydrogen) atoms. The van der Waals surface area contributed by atoms with E-state index in [1.807, 2.05) is 24.3 Å². The van der Waals surface area contributed by atoms with Crippen molar-refractivity contribution in [3.63, 3.8) is 0 Å². The molecule has 4 nitrogen and oxygen atoms in total. The summed E-state index contributed by atoms with van der Waals surface area (Å²) in [4.78, 5) is 14.8. The highest BCUT2D eigenvalue weighted by Gasteiger charge is 2.16. The SMILES string of the molecule is CN1CCCc2cc(NC(=O)c3ccc(-c4ccc(Cl)cc4)o3)ccc21.Cl. The predicted molar refractivity (Wildman–Crippen MR) is 112 cm³/mol. The molecule has 0 aliphatic carbocycles. The lowest BCUT2D eigenvalue weighted by molar-refractivity contribution is 0.0997. The number of amides is 1. The van der Waals surface area contributed by atoms with E-state index in [-0.39, 0.29) is 24.1 Å². The summed E-state index contributed by atoms with van der Waals surface area (Å²) in [6, 6.07) is 16.8. The molecule has 1 aliphatic rings. The van der Waals surface area contributed by atoms with Crippen molar-refractivity contribution in [1.82, 2.24) is 0 Å². The molecule has 140 valence electrons. The summed E-state index contributed by atoms with van der Waals surface area (Å²) in [5.74, 6) is 0.665. The van der Waals surface area contributed by atoms with Gasteiger partial charge in [0.2, 0.25) is 0 Å². The molecular weight excluding hydrogens is 383 g/mol. The Kier molecular flexibility index (Phi) is 5.78. The zero-order chi connectivity index (χ0) is 18.1. The molecule has 0 saturated heterocycles. The number of nitrogens with one attached hydrogen (secondary N) is 1. The average molecular weight is 403 g/mol. The second-order valence-corrected chi connectivity index (χ2v) is 6.93. The number of rotatable bonds is 3. The quantitative estimate of drug-likeness (QED) is 0.614. The van der Waals surface area contributed by atoms with E-state index in [0.29, 0.717) is 10.8 Å². The molecule has 0 unspecified atom stereocenters. The molecule has 1 aromatic heterocycles. The number of carbonyl (C=O) groups is 1. The zero-order valence-corrected chi connectivity index (χ0v) is 16.4. The molecular formula is C21H20Cl2N2O2. The Bertz CT molecular complexity index is 951. The fraction of sp³-hybridized carbons (Fsp3) is 0.190. The molecule has 1 N–H and O–H groups in total. The van der Waals surface area contributed by atoms with Crippen LogP contribution in [0.4, 0.5) is 11.4 Å². The highest BCUT2D eigenvalue weighted by molar-refractivity contribution is 6.30. The van der Waals surface area contributed by atoms with Crippen LogP contribution < -0.4 is 10.2 Å². The molecule has 2 heterocycles. The highest BCUT2D eigenvalue weighted by atomic mass is 35.5. The van der Waals surface area contributed by atoms with E-state index in [9.17, 15) is 4.79 Å². The van der Waals surface area contributed by atoms with Gasteiger partial charge < -0.3 is 14.6 Å². The highest BCUT2D eigenvalue weighted by Crippen LogP contribution is 2.29. The van der Waals surface area contributed by atoms with Crippen molar-refractivity contribution >= 4 is 41.3 Å². The number of fused-ring (bicyclic) bond motifs is 1. The molecule has 1 amide bonds. The Morgan fingerprint density at radius 2 is 1.89 bits per heavy atom. The Morgan fingerprint density at radius 3 is 2.67 bits per heavy atom. The van der Waals surface area contributed by atoms with Gasteiger partial charge in [-0.25, -0.2) is 0 Å². The second kappa shape index (κ2) is 8.07. The monoisotopic (exact) mass is 402 g/mol. The van der Waals surface area contributed by atoms with Crippen molar-refractivity contribution in [2.24, 2.45) is 0 Å². The van der Waals surface area contributed by atoms with Crippen LogP contribution in [0.1, 0.15) is 22.5 Å². The van der Waals surface area contributed by atoms with Crippen LogP contribution in [0, 0.1) is 0 Å². The van der Waals surface area contributed by atoms with Crippen LogP contribution in [0.25, 0.3) is 11.3 Å². The minimum Gasteiger partial charge on any atom is -0.451 e. The first-order valence-electron chi connectivity index (χ1n) is 8.61. The van der Waals surface area contributed by atoms with Crippen LogP contribution in [0.5, 0.6) is 0 Å². The van der Waals surface area contributed by atoms with Crippen molar-refractivity contribution in [2.45, 2.75) is 12.8 Å². The van der Waals surface area contributed by atoms with Gasteiger partial charge in [0, 0.05) is 35.6 Å². The Morgan fingerprint density at radius 1 is 1.11 bits per heavy atom. The Labute approximate surface area is 169 Å². The van der Waals surface area contributed by atoms with Crippen molar-refractivity contribution in [3.05, 3.63) is 70.9 Å². The third kappa shape index (κ3) is 4.12. The van der Waals surface area contributed by atoms with Crippen molar-refractivity contribution in [1.29, 1.82) is 0 Å². The van der Waals surface area contributed by atoms with Gasteiger partial charge >= 0.3 is 0 Å². The van der Waals surface area contributed by atoms with Gasteiger partial charge in [0.25, 0.3) is 5.91 Å². The maximum absolute atomic E-state index is 12.5. The first-order valence-corrected chi connectivity index (χ1v) is 8.99. The molecule has 0 saturated carbocycles. The second-order valence-electron chi connectivity index (χ2n) is 6.49. The number of halogens is 2. The molecule has 1 aliphatic heterocycles. The molecule has 0 spiro atoms. The lowest BCUT2D eigenvalue weighted by atomic mass is 10.0. The molecule has 0 atom stereocenters. The predicted octanol–water partition coefficient (Wildman–Crippen LogP) is 5.66. The van der Waals surface area contributed by atoms with Crippen molar-refractivity contribution in [3.8, 4) is 11.3 Å². The van der Waals surface area contributed by atoms with Gasteiger partial charge in [-0.1, -0.05) is 11.6 Å². The summed E-state index contributed by atoms with van der Waals surface area (Å²) >= 11 is 5.91. The molecule has 3 aromatic rings. The maximum Gasteiger partial charge on any atom is 0.291 e. The molecule has 0 fully saturated rings. The minimum absolute atomic E-state index is 0. The van der Waals surface area contributed by atoms with Gasteiger partial charge in [-0.05, 0) is 73.0 Å². The van der Waals surface area contributed by atoms with Crippen LogP contribution in [0.2, 0.25) is 5.02 Å². The van der Waals surface area contributed by atoms with Crippen molar-refractivity contribution in [2.75, 3.05) is 23.8 Å². The average Bonchev–Trinajstić information content (AvgIpc) is 3.13. The third-order valence-corrected chi connectivity index (χ3v) is 4.90. The van der Waals surface area contributed by atoms with Gasteiger partial charge in [0.1, 0.15) is 5.76 Å². The smallest absolute Gasteiger partial charge is 0.291 e. The van der Waals surface area contributed by atoms with Crippen molar-refractivity contribution < 1.29 is 9.21 Å². The summed E-state index contributed by atoms with van der Waals surface area (Å²) in [6.07, 6.45) is 2.16. The zero-order valence-electron chi connectivity index (χ0n) is 14.9. The van der Waals surface area contributed by atoms with Gasteiger partial charge in [0.15, 0.2) is 5.76 Å². The van der Waals surface area contributed by atoms with E-state index in [2.05, 4.69) is 23.3 Å².